The first-order chi connectivity index (χ1) is 10.4. The van der Waals surface area contributed by atoms with Crippen molar-refractivity contribution in [1.29, 1.82) is 0 Å². The van der Waals surface area contributed by atoms with E-state index < -0.39 is 6.04 Å². The molecule has 2 rings (SSSR count). The van der Waals surface area contributed by atoms with E-state index in [4.69, 9.17) is 10.5 Å². The van der Waals surface area contributed by atoms with Crippen molar-refractivity contribution in [3.63, 3.8) is 0 Å². The number of benzene rings is 1. The molecule has 1 fully saturated rings. The van der Waals surface area contributed by atoms with Crippen molar-refractivity contribution in [2.24, 2.45) is 5.73 Å². The first kappa shape index (κ1) is 19.3. The molecule has 23 heavy (non-hydrogen) atoms. The minimum atomic E-state index is -0.497. The molecule has 0 aromatic heterocycles. The first-order valence-electron chi connectivity index (χ1n) is 7.42. The Morgan fingerprint density at radius 1 is 1.17 bits per heavy atom. The number of piperazine rings is 1. The summed E-state index contributed by atoms with van der Waals surface area (Å²) in [6.45, 7) is 5.70. The maximum atomic E-state index is 12.5. The smallest absolute Gasteiger partial charge is 0.254 e. The highest BCUT2D eigenvalue weighted by atomic mass is 35.5. The van der Waals surface area contributed by atoms with Gasteiger partial charge in [0, 0.05) is 31.7 Å². The SMILES string of the molecule is COc1cc(C(=O)N2CCN(C(=O)[C@H](C)N)CC2)ccc1C.Cl. The first-order valence-corrected chi connectivity index (χ1v) is 7.42. The molecule has 128 valence electrons. The summed E-state index contributed by atoms with van der Waals surface area (Å²) in [6, 6.07) is 4.95. The summed E-state index contributed by atoms with van der Waals surface area (Å²) in [7, 11) is 1.59. The lowest BCUT2D eigenvalue weighted by Crippen LogP contribution is -2.53. The maximum absolute atomic E-state index is 12.5. The molecule has 1 aliphatic rings. The Bertz CT molecular complexity index is 570. The number of hydrogen-bond donors (Lipinski definition) is 1. The number of methoxy groups -OCH3 is 1. The number of halogens is 1. The number of amides is 2. The molecule has 7 heteroatoms. The summed E-state index contributed by atoms with van der Waals surface area (Å²) in [4.78, 5) is 27.8. The van der Waals surface area contributed by atoms with Gasteiger partial charge in [-0.15, -0.1) is 12.4 Å². The van der Waals surface area contributed by atoms with Crippen LogP contribution in [-0.4, -0.2) is 60.9 Å². The molecule has 6 nitrogen and oxygen atoms in total. The van der Waals surface area contributed by atoms with Gasteiger partial charge in [-0.3, -0.25) is 9.59 Å². The van der Waals surface area contributed by atoms with Crippen molar-refractivity contribution in [3.8, 4) is 5.75 Å². The molecule has 0 spiro atoms. The van der Waals surface area contributed by atoms with Crippen molar-refractivity contribution < 1.29 is 14.3 Å². The molecule has 1 atom stereocenters. The lowest BCUT2D eigenvalue weighted by molar-refractivity contribution is -0.133. The number of aryl methyl sites for hydroxylation is 1. The van der Waals surface area contributed by atoms with Crippen molar-refractivity contribution in [2.75, 3.05) is 33.3 Å². The van der Waals surface area contributed by atoms with Gasteiger partial charge < -0.3 is 20.3 Å². The Morgan fingerprint density at radius 3 is 2.26 bits per heavy atom. The van der Waals surface area contributed by atoms with Gasteiger partial charge in [0.1, 0.15) is 5.75 Å². The van der Waals surface area contributed by atoms with Crippen LogP contribution in [0.4, 0.5) is 0 Å². The highest BCUT2D eigenvalue weighted by Gasteiger charge is 2.26. The zero-order valence-electron chi connectivity index (χ0n) is 13.7. The highest BCUT2D eigenvalue weighted by molar-refractivity contribution is 5.95. The number of rotatable bonds is 3. The molecule has 0 saturated carbocycles. The number of ether oxygens (including phenoxy) is 1. The standard InChI is InChI=1S/C16H23N3O3.ClH/c1-11-4-5-13(10-14(11)22-3)16(21)19-8-6-18(7-9-19)15(20)12(2)17;/h4-5,10,12H,6-9,17H2,1-3H3;1H/t12-;/m0./s1. The van der Waals surface area contributed by atoms with E-state index >= 15 is 0 Å². The molecular formula is C16H24ClN3O3. The van der Waals surface area contributed by atoms with E-state index in [-0.39, 0.29) is 24.2 Å². The van der Waals surface area contributed by atoms with Crippen molar-refractivity contribution in [2.45, 2.75) is 19.9 Å². The molecule has 1 heterocycles. The summed E-state index contributed by atoms with van der Waals surface area (Å²) < 4.78 is 5.26. The van der Waals surface area contributed by atoms with Crippen LogP contribution in [0.1, 0.15) is 22.8 Å². The van der Waals surface area contributed by atoms with Gasteiger partial charge in [-0.2, -0.15) is 0 Å². The average molecular weight is 342 g/mol. The summed E-state index contributed by atoms with van der Waals surface area (Å²) >= 11 is 0. The van der Waals surface area contributed by atoms with Gasteiger partial charge in [0.15, 0.2) is 0 Å². The number of hydrogen-bond acceptors (Lipinski definition) is 4. The molecule has 2 N–H and O–H groups in total. The molecule has 1 aromatic rings. The van der Waals surface area contributed by atoms with Crippen LogP contribution in [0.15, 0.2) is 18.2 Å². The van der Waals surface area contributed by atoms with E-state index in [9.17, 15) is 9.59 Å². The lowest BCUT2D eigenvalue weighted by atomic mass is 10.1. The summed E-state index contributed by atoms with van der Waals surface area (Å²) in [5, 5.41) is 0. The van der Waals surface area contributed by atoms with Crippen LogP contribution in [0.5, 0.6) is 5.75 Å². The number of carbonyl (C=O) groups is 2. The maximum Gasteiger partial charge on any atom is 0.254 e. The van der Waals surface area contributed by atoms with E-state index in [1.54, 1.807) is 36.0 Å². The molecular weight excluding hydrogens is 318 g/mol. The van der Waals surface area contributed by atoms with Crippen LogP contribution >= 0.6 is 12.4 Å². The van der Waals surface area contributed by atoms with Gasteiger partial charge >= 0.3 is 0 Å². The van der Waals surface area contributed by atoms with Crippen LogP contribution in [0.25, 0.3) is 0 Å². The molecule has 0 aliphatic carbocycles. The molecule has 1 saturated heterocycles. The third-order valence-electron chi connectivity index (χ3n) is 3.92. The molecule has 1 aromatic carbocycles. The fraction of sp³-hybridized carbons (Fsp3) is 0.500. The number of nitrogens with zero attached hydrogens (tertiary/aromatic N) is 2. The quantitative estimate of drug-likeness (QED) is 0.891. The Balaban J connectivity index is 0.00000264. The Kier molecular flexibility index (Phi) is 6.84. The van der Waals surface area contributed by atoms with Crippen LogP contribution in [0.3, 0.4) is 0 Å². The van der Waals surface area contributed by atoms with Gasteiger partial charge in [-0.1, -0.05) is 6.07 Å². The lowest BCUT2D eigenvalue weighted by Gasteiger charge is -2.35. The summed E-state index contributed by atoms with van der Waals surface area (Å²) in [5.41, 5.74) is 7.21. The van der Waals surface area contributed by atoms with E-state index in [0.29, 0.717) is 37.5 Å². The second kappa shape index (κ2) is 8.17. The molecule has 0 radical (unpaired) electrons. The third kappa shape index (κ3) is 4.36. The minimum absolute atomic E-state index is 0. The molecule has 0 bridgehead atoms. The highest BCUT2D eigenvalue weighted by Crippen LogP contribution is 2.20. The monoisotopic (exact) mass is 341 g/mol. The molecule has 2 amide bonds. The predicted molar refractivity (Wildman–Crippen MR) is 91.1 cm³/mol. The van der Waals surface area contributed by atoms with E-state index in [2.05, 4.69) is 0 Å². The van der Waals surface area contributed by atoms with Crippen molar-refractivity contribution >= 4 is 24.2 Å². The zero-order chi connectivity index (χ0) is 16.3. The second-order valence-electron chi connectivity index (χ2n) is 5.59. The zero-order valence-corrected chi connectivity index (χ0v) is 14.6. The van der Waals surface area contributed by atoms with Crippen LogP contribution in [-0.2, 0) is 4.79 Å². The van der Waals surface area contributed by atoms with Crippen LogP contribution < -0.4 is 10.5 Å². The average Bonchev–Trinajstić information content (AvgIpc) is 2.54. The molecule has 1 aliphatic heterocycles. The largest absolute Gasteiger partial charge is 0.496 e. The van der Waals surface area contributed by atoms with Gasteiger partial charge in [-0.25, -0.2) is 0 Å². The fourth-order valence-electron chi connectivity index (χ4n) is 2.55. The van der Waals surface area contributed by atoms with Crippen LogP contribution in [0.2, 0.25) is 0 Å². The van der Waals surface area contributed by atoms with Gasteiger partial charge in [0.2, 0.25) is 5.91 Å². The van der Waals surface area contributed by atoms with Gasteiger partial charge in [0.05, 0.1) is 13.2 Å². The Hall–Kier alpha value is -1.79. The van der Waals surface area contributed by atoms with E-state index in [0.717, 1.165) is 5.56 Å². The third-order valence-corrected chi connectivity index (χ3v) is 3.92. The van der Waals surface area contributed by atoms with Crippen molar-refractivity contribution in [1.82, 2.24) is 9.80 Å². The Labute approximate surface area is 143 Å². The predicted octanol–water partition coefficient (Wildman–Crippen LogP) is 1.06. The number of carbonyl (C=O) groups excluding carboxylic acids is 2. The normalized spacial score (nSPS) is 15.7. The van der Waals surface area contributed by atoms with Crippen molar-refractivity contribution in [3.05, 3.63) is 29.3 Å². The Morgan fingerprint density at radius 2 is 1.74 bits per heavy atom. The summed E-state index contributed by atoms with van der Waals surface area (Å²) in [6.07, 6.45) is 0. The second-order valence-corrected chi connectivity index (χ2v) is 5.59. The molecule has 0 unspecified atom stereocenters. The fourth-order valence-corrected chi connectivity index (χ4v) is 2.55. The number of nitrogens with two attached hydrogens (primary N) is 1. The topological polar surface area (TPSA) is 75.9 Å². The van der Waals surface area contributed by atoms with Gasteiger partial charge in [0.25, 0.3) is 5.91 Å². The minimum Gasteiger partial charge on any atom is -0.496 e. The van der Waals surface area contributed by atoms with Crippen LogP contribution in [0, 0.1) is 6.92 Å². The van der Waals surface area contributed by atoms with E-state index in [1.807, 2.05) is 13.0 Å². The summed E-state index contributed by atoms with van der Waals surface area (Å²) in [5.74, 6) is 0.604. The van der Waals surface area contributed by atoms with E-state index in [1.165, 1.54) is 0 Å². The van der Waals surface area contributed by atoms with Gasteiger partial charge in [-0.05, 0) is 31.5 Å².